The van der Waals surface area contributed by atoms with E-state index in [1.54, 1.807) is 0 Å². The molecule has 0 saturated heterocycles. The predicted molar refractivity (Wildman–Crippen MR) is 138 cm³/mol. The Morgan fingerprint density at radius 2 is 1.78 bits per heavy atom. The van der Waals surface area contributed by atoms with Gasteiger partial charge in [0.2, 0.25) is 0 Å². The molecule has 0 amide bonds. The molecule has 0 unspecified atom stereocenters. The highest BCUT2D eigenvalue weighted by atomic mass is 79.9. The third-order valence-electron chi connectivity index (χ3n) is 10.7. The average Bonchev–Trinajstić information content (AvgIpc) is 3.36. The summed E-state index contributed by atoms with van der Waals surface area (Å²) < 4.78 is 16.8. The summed E-state index contributed by atoms with van der Waals surface area (Å²) in [5.74, 6) is -0.278. The van der Waals surface area contributed by atoms with Gasteiger partial charge in [0.05, 0.1) is 5.60 Å². The van der Waals surface area contributed by atoms with Crippen LogP contribution < -0.4 is 0 Å². The number of esters is 3. The van der Waals surface area contributed by atoms with Crippen molar-refractivity contribution in [2.45, 2.75) is 83.0 Å². The van der Waals surface area contributed by atoms with E-state index in [0.717, 1.165) is 50.5 Å². The van der Waals surface area contributed by atoms with E-state index < -0.39 is 17.1 Å². The molecule has 9 atom stereocenters. The molecule has 4 saturated carbocycles. The number of alkyl halides is 2. The second-order valence-corrected chi connectivity index (χ2v) is 13.2. The summed E-state index contributed by atoms with van der Waals surface area (Å²) in [6, 6.07) is 0. The molecule has 5 rings (SSSR count). The second kappa shape index (κ2) is 9.67. The smallest absolute Gasteiger partial charge is 0.331 e. The van der Waals surface area contributed by atoms with E-state index in [-0.39, 0.29) is 58.5 Å². The van der Waals surface area contributed by atoms with Gasteiger partial charge in [0.15, 0.2) is 0 Å². The summed E-state index contributed by atoms with van der Waals surface area (Å²) in [5.41, 5.74) is -0.615. The van der Waals surface area contributed by atoms with Crippen LogP contribution in [0.3, 0.4) is 0 Å². The maximum Gasteiger partial charge on any atom is 0.331 e. The van der Waals surface area contributed by atoms with Gasteiger partial charge in [-0.1, -0.05) is 45.7 Å². The highest BCUT2D eigenvalue weighted by molar-refractivity contribution is 9.09. The Morgan fingerprint density at radius 3 is 2.44 bits per heavy atom. The molecule has 7 nitrogen and oxygen atoms in total. The molecule has 4 fully saturated rings. The number of halogens is 2. The molecule has 0 aromatic heterocycles. The van der Waals surface area contributed by atoms with E-state index in [9.17, 15) is 19.5 Å². The molecule has 200 valence electrons. The van der Waals surface area contributed by atoms with E-state index in [1.165, 1.54) is 6.08 Å². The van der Waals surface area contributed by atoms with Crippen LogP contribution in [0.1, 0.15) is 65.2 Å². The van der Waals surface area contributed by atoms with E-state index in [2.05, 4.69) is 45.7 Å². The zero-order valence-corrected chi connectivity index (χ0v) is 24.1. The zero-order chi connectivity index (χ0) is 25.9. The first kappa shape index (κ1) is 26.7. The summed E-state index contributed by atoms with van der Waals surface area (Å²) >= 11 is 6.39. The Bertz CT molecular complexity index is 968. The van der Waals surface area contributed by atoms with Gasteiger partial charge in [-0.15, -0.1) is 0 Å². The fourth-order valence-corrected chi connectivity index (χ4v) is 9.32. The monoisotopic (exact) mass is 630 g/mol. The van der Waals surface area contributed by atoms with Crippen molar-refractivity contribution in [2.75, 3.05) is 17.3 Å². The maximum atomic E-state index is 12.6. The number of hydrogen-bond acceptors (Lipinski definition) is 7. The van der Waals surface area contributed by atoms with Gasteiger partial charge in [-0.3, -0.25) is 9.59 Å². The van der Waals surface area contributed by atoms with Crippen LogP contribution in [0.25, 0.3) is 0 Å². The SMILES string of the molecule is C[C@]12CC[C@@H](OC(=O)CBr)C[C@@H]1CC[C@@H]1[C@@H]2CC[C@]2(C)[C@@H](C3=CC(=O)OC3)[C@H](OC(=O)CBr)C[C@@]12O. The molecule has 0 aromatic rings. The third-order valence-corrected chi connectivity index (χ3v) is 11.6. The lowest BCUT2D eigenvalue weighted by Gasteiger charge is -2.63. The van der Waals surface area contributed by atoms with Crippen LogP contribution in [0.4, 0.5) is 0 Å². The summed E-state index contributed by atoms with van der Waals surface area (Å²) in [6.07, 6.45) is 7.78. The van der Waals surface area contributed by atoms with Crippen molar-refractivity contribution in [1.82, 2.24) is 0 Å². The van der Waals surface area contributed by atoms with Crippen molar-refractivity contribution in [2.24, 2.45) is 34.5 Å². The summed E-state index contributed by atoms with van der Waals surface area (Å²) in [5, 5.41) is 12.9. The van der Waals surface area contributed by atoms with Crippen molar-refractivity contribution in [3.05, 3.63) is 11.6 Å². The van der Waals surface area contributed by atoms with E-state index in [4.69, 9.17) is 14.2 Å². The Hall–Kier alpha value is -0.930. The molecular formula is C27H36Br2O7. The summed E-state index contributed by atoms with van der Waals surface area (Å²) in [7, 11) is 0. The first-order chi connectivity index (χ1) is 17.1. The van der Waals surface area contributed by atoms with Crippen molar-refractivity contribution >= 4 is 49.8 Å². The number of ether oxygens (including phenoxy) is 3. The average molecular weight is 632 g/mol. The van der Waals surface area contributed by atoms with Crippen molar-refractivity contribution in [3.8, 4) is 0 Å². The first-order valence-electron chi connectivity index (χ1n) is 13.2. The Balaban J connectivity index is 1.43. The van der Waals surface area contributed by atoms with Gasteiger partial charge >= 0.3 is 17.9 Å². The molecule has 36 heavy (non-hydrogen) atoms. The Morgan fingerprint density at radius 1 is 1.06 bits per heavy atom. The van der Waals surface area contributed by atoms with Crippen molar-refractivity contribution in [1.29, 1.82) is 0 Å². The Kier molecular flexibility index (Phi) is 7.16. The lowest BCUT2D eigenvalue weighted by atomic mass is 9.43. The maximum absolute atomic E-state index is 12.6. The third kappa shape index (κ3) is 4.10. The van der Waals surface area contributed by atoms with Crippen LogP contribution in [0.15, 0.2) is 11.6 Å². The number of hydrogen-bond donors (Lipinski definition) is 1. The predicted octanol–water partition coefficient (Wildman–Crippen LogP) is 4.47. The first-order valence-corrected chi connectivity index (χ1v) is 15.4. The molecule has 1 heterocycles. The number of rotatable bonds is 5. The topological polar surface area (TPSA) is 99.1 Å². The van der Waals surface area contributed by atoms with Gasteiger partial charge in [0.1, 0.15) is 29.5 Å². The number of aliphatic hydroxyl groups is 1. The van der Waals surface area contributed by atoms with Gasteiger partial charge < -0.3 is 19.3 Å². The Labute approximate surface area is 229 Å². The molecule has 1 aliphatic heterocycles. The fourth-order valence-electron chi connectivity index (χ4n) is 9.05. The van der Waals surface area contributed by atoms with Crippen LogP contribution in [0, 0.1) is 34.5 Å². The molecule has 9 heteroatoms. The van der Waals surface area contributed by atoms with Crippen LogP contribution in [0.5, 0.6) is 0 Å². The molecule has 5 aliphatic rings. The van der Waals surface area contributed by atoms with Gasteiger partial charge in [-0.05, 0) is 73.7 Å². The lowest BCUT2D eigenvalue weighted by molar-refractivity contribution is -0.209. The van der Waals surface area contributed by atoms with Crippen LogP contribution in [-0.2, 0) is 28.6 Å². The van der Waals surface area contributed by atoms with Gasteiger partial charge in [-0.25, -0.2) is 4.79 Å². The molecular weight excluding hydrogens is 596 g/mol. The number of carbonyl (C=O) groups is 3. The van der Waals surface area contributed by atoms with Crippen molar-refractivity contribution in [3.63, 3.8) is 0 Å². The number of fused-ring (bicyclic) bond motifs is 5. The normalized spacial score (nSPS) is 45.6. The van der Waals surface area contributed by atoms with E-state index in [1.807, 2.05) is 0 Å². The van der Waals surface area contributed by atoms with E-state index in [0.29, 0.717) is 18.3 Å². The fraction of sp³-hybridized carbons (Fsp3) is 0.815. The summed E-state index contributed by atoms with van der Waals surface area (Å²) in [6.45, 7) is 4.70. The van der Waals surface area contributed by atoms with E-state index >= 15 is 0 Å². The van der Waals surface area contributed by atoms with Gasteiger partial charge in [-0.2, -0.15) is 0 Å². The highest BCUT2D eigenvalue weighted by Gasteiger charge is 2.71. The van der Waals surface area contributed by atoms with Gasteiger partial charge in [0.25, 0.3) is 0 Å². The van der Waals surface area contributed by atoms with Crippen molar-refractivity contribution < 1.29 is 33.7 Å². The lowest BCUT2D eigenvalue weighted by Crippen LogP contribution is -2.62. The standard InChI is InChI=1S/C27H36Br2O7/c1-25-7-5-17(35-22(31)12-28)10-16(25)3-4-19-18(25)6-8-26(2)24(15-9-21(30)34-14-15)20(11-27(19,26)33)36-23(32)13-29/h9,16-20,24,33H,3-8,10-14H2,1-2H3/t16-,17+,18-,19+,20+,24-,25-,26+,27+/m0/s1. The molecule has 0 radical (unpaired) electrons. The minimum Gasteiger partial charge on any atom is -0.462 e. The molecule has 4 aliphatic carbocycles. The van der Waals surface area contributed by atoms with Gasteiger partial charge in [0, 0.05) is 23.8 Å². The molecule has 0 aromatic carbocycles. The highest BCUT2D eigenvalue weighted by Crippen LogP contribution is 2.70. The minimum absolute atomic E-state index is 0.0302. The molecule has 1 N–H and O–H groups in total. The number of cyclic esters (lactones) is 1. The van der Waals surface area contributed by atoms with Crippen LogP contribution in [-0.4, -0.2) is 58.1 Å². The zero-order valence-electron chi connectivity index (χ0n) is 21.0. The van der Waals surface area contributed by atoms with Crippen LogP contribution in [0.2, 0.25) is 0 Å². The molecule has 0 bridgehead atoms. The summed E-state index contributed by atoms with van der Waals surface area (Å²) in [4.78, 5) is 36.2. The second-order valence-electron chi connectivity index (χ2n) is 12.1. The minimum atomic E-state index is -1.00. The number of carbonyl (C=O) groups excluding carboxylic acids is 3. The molecule has 0 spiro atoms. The quantitative estimate of drug-likeness (QED) is 0.272. The van der Waals surface area contributed by atoms with Crippen LogP contribution >= 0.6 is 31.9 Å². The largest absolute Gasteiger partial charge is 0.462 e.